The Morgan fingerprint density at radius 3 is 2.45 bits per heavy atom. The van der Waals surface area contributed by atoms with Gasteiger partial charge in [-0.3, -0.25) is 0 Å². The van der Waals surface area contributed by atoms with Gasteiger partial charge in [-0.2, -0.15) is 0 Å². The Kier molecular flexibility index (Phi) is 6.00. The fraction of sp³-hybridized carbons (Fsp3) is 0.517. The lowest BCUT2D eigenvalue weighted by Crippen LogP contribution is -2.31. The lowest BCUT2D eigenvalue weighted by atomic mass is 9.66. The molecule has 0 radical (unpaired) electrons. The first-order valence-electron chi connectivity index (χ1n) is 11.8. The normalized spacial score (nSPS) is 29.5. The van der Waals surface area contributed by atoms with Crippen LogP contribution in [0.5, 0.6) is 0 Å². The van der Waals surface area contributed by atoms with E-state index in [0.29, 0.717) is 5.92 Å². The average molecular weight is 387 g/mol. The molecule has 2 aliphatic rings. The van der Waals surface area contributed by atoms with Crippen LogP contribution in [-0.2, 0) is 12.8 Å². The molecule has 0 saturated heterocycles. The Labute approximate surface area is 178 Å². The standard InChI is InChI=1S/C29H38/c1-6-23-14-20(3)22(5)27(16-23)17-25-8-7-9-26-18-28(15-21(4)29(25)26)24-12-10-19(2)11-13-24/h7-13,20,22-23,27-28H,4,6,14-18H2,1-3,5H3/t20-,22+,23+,27-,28-/m0/s1. The van der Waals surface area contributed by atoms with E-state index >= 15 is 0 Å². The molecule has 2 aromatic carbocycles. The van der Waals surface area contributed by atoms with Crippen molar-refractivity contribution in [3.8, 4) is 0 Å². The molecule has 2 aliphatic carbocycles. The van der Waals surface area contributed by atoms with E-state index in [1.165, 1.54) is 53.5 Å². The zero-order valence-electron chi connectivity index (χ0n) is 18.9. The van der Waals surface area contributed by atoms with Crippen molar-refractivity contribution in [2.45, 2.75) is 72.1 Å². The second kappa shape index (κ2) is 8.50. The highest BCUT2D eigenvalue weighted by atomic mass is 14.4. The minimum Gasteiger partial charge on any atom is -0.0952 e. The predicted molar refractivity (Wildman–Crippen MR) is 126 cm³/mol. The molecule has 2 aromatic rings. The van der Waals surface area contributed by atoms with Gasteiger partial charge in [-0.05, 0) is 96.4 Å². The zero-order valence-corrected chi connectivity index (χ0v) is 18.9. The largest absolute Gasteiger partial charge is 0.0952 e. The van der Waals surface area contributed by atoms with E-state index in [1.54, 1.807) is 5.56 Å². The number of hydrogen-bond acceptors (Lipinski definition) is 0. The molecule has 0 aromatic heterocycles. The quantitative estimate of drug-likeness (QED) is 0.499. The molecule has 1 saturated carbocycles. The van der Waals surface area contributed by atoms with Gasteiger partial charge in [0.25, 0.3) is 0 Å². The zero-order chi connectivity index (χ0) is 20.5. The lowest BCUT2D eigenvalue weighted by Gasteiger charge is -2.39. The fourth-order valence-corrected chi connectivity index (χ4v) is 6.09. The van der Waals surface area contributed by atoms with E-state index in [4.69, 9.17) is 0 Å². The fourth-order valence-electron chi connectivity index (χ4n) is 6.09. The van der Waals surface area contributed by atoms with Crippen molar-refractivity contribution in [2.75, 3.05) is 0 Å². The number of rotatable bonds is 4. The molecule has 29 heavy (non-hydrogen) atoms. The van der Waals surface area contributed by atoms with E-state index in [2.05, 4.69) is 76.7 Å². The Hall–Kier alpha value is -1.82. The van der Waals surface area contributed by atoms with Gasteiger partial charge in [0.05, 0.1) is 0 Å². The summed E-state index contributed by atoms with van der Waals surface area (Å²) in [6, 6.07) is 16.2. The predicted octanol–water partition coefficient (Wildman–Crippen LogP) is 7.99. The smallest absolute Gasteiger partial charge is 0.00808 e. The van der Waals surface area contributed by atoms with Gasteiger partial charge >= 0.3 is 0 Å². The van der Waals surface area contributed by atoms with Crippen LogP contribution in [0.4, 0.5) is 0 Å². The SMILES string of the molecule is C=C1C[C@H](c2ccc(C)cc2)Cc2cccc(C[C@@H]3C[C@H](CC)C[C@H](C)[C@H]3C)c21. The van der Waals surface area contributed by atoms with E-state index < -0.39 is 0 Å². The van der Waals surface area contributed by atoms with E-state index in [9.17, 15) is 0 Å². The molecule has 0 heterocycles. The van der Waals surface area contributed by atoms with Crippen molar-refractivity contribution in [3.63, 3.8) is 0 Å². The maximum Gasteiger partial charge on any atom is -0.00808 e. The topological polar surface area (TPSA) is 0 Å². The highest BCUT2D eigenvalue weighted by molar-refractivity contribution is 5.72. The minimum atomic E-state index is 0.573. The molecule has 154 valence electrons. The number of benzene rings is 2. The highest BCUT2D eigenvalue weighted by Gasteiger charge is 2.33. The Bertz CT molecular complexity index is 856. The first kappa shape index (κ1) is 20.5. The molecular formula is C29H38. The van der Waals surface area contributed by atoms with Crippen LogP contribution in [0.3, 0.4) is 0 Å². The molecule has 0 heteroatoms. The second-order valence-electron chi connectivity index (χ2n) is 10.1. The number of fused-ring (bicyclic) bond motifs is 1. The van der Waals surface area contributed by atoms with Gasteiger partial charge in [-0.15, -0.1) is 0 Å². The molecule has 4 rings (SSSR count). The molecule has 0 N–H and O–H groups in total. The summed E-state index contributed by atoms with van der Waals surface area (Å²) in [6.07, 6.45) is 7.65. The van der Waals surface area contributed by atoms with Crippen molar-refractivity contribution in [2.24, 2.45) is 23.7 Å². The average Bonchev–Trinajstić information content (AvgIpc) is 2.71. The van der Waals surface area contributed by atoms with Gasteiger partial charge < -0.3 is 0 Å². The number of aryl methyl sites for hydroxylation is 1. The Morgan fingerprint density at radius 2 is 1.72 bits per heavy atom. The summed E-state index contributed by atoms with van der Waals surface area (Å²) in [6.45, 7) is 14.1. The van der Waals surface area contributed by atoms with Crippen molar-refractivity contribution in [3.05, 3.63) is 76.9 Å². The van der Waals surface area contributed by atoms with Crippen LogP contribution in [0.25, 0.3) is 5.57 Å². The highest BCUT2D eigenvalue weighted by Crippen LogP contribution is 2.44. The maximum atomic E-state index is 4.57. The summed E-state index contributed by atoms with van der Waals surface area (Å²) in [4.78, 5) is 0. The van der Waals surface area contributed by atoms with E-state index in [-0.39, 0.29) is 0 Å². The second-order valence-corrected chi connectivity index (χ2v) is 10.1. The number of allylic oxidation sites excluding steroid dienone is 1. The van der Waals surface area contributed by atoms with Crippen molar-refractivity contribution < 1.29 is 0 Å². The van der Waals surface area contributed by atoms with Crippen LogP contribution < -0.4 is 0 Å². The molecule has 0 amide bonds. The summed E-state index contributed by atoms with van der Waals surface area (Å²) in [5, 5.41) is 0. The molecule has 0 spiro atoms. The van der Waals surface area contributed by atoms with Crippen molar-refractivity contribution in [1.82, 2.24) is 0 Å². The molecule has 5 atom stereocenters. The van der Waals surface area contributed by atoms with Crippen LogP contribution >= 0.6 is 0 Å². The third-order valence-electron chi connectivity index (χ3n) is 8.14. The summed E-state index contributed by atoms with van der Waals surface area (Å²) in [7, 11) is 0. The van der Waals surface area contributed by atoms with E-state index in [1.807, 2.05) is 0 Å². The summed E-state index contributed by atoms with van der Waals surface area (Å²) in [5.74, 6) is 3.99. The van der Waals surface area contributed by atoms with Crippen LogP contribution in [0.1, 0.15) is 80.2 Å². The van der Waals surface area contributed by atoms with Gasteiger partial charge in [0.2, 0.25) is 0 Å². The molecule has 0 nitrogen and oxygen atoms in total. The van der Waals surface area contributed by atoms with Crippen LogP contribution in [0.2, 0.25) is 0 Å². The molecule has 0 unspecified atom stereocenters. The van der Waals surface area contributed by atoms with Crippen LogP contribution in [0.15, 0.2) is 49.0 Å². The van der Waals surface area contributed by atoms with Gasteiger partial charge in [0, 0.05) is 0 Å². The van der Waals surface area contributed by atoms with Gasteiger partial charge in [-0.1, -0.05) is 81.8 Å². The molecule has 0 bridgehead atoms. The minimum absolute atomic E-state index is 0.573. The Morgan fingerprint density at radius 1 is 0.966 bits per heavy atom. The van der Waals surface area contributed by atoms with Gasteiger partial charge in [0.1, 0.15) is 0 Å². The first-order chi connectivity index (χ1) is 14.0. The maximum absolute atomic E-state index is 4.57. The third kappa shape index (κ3) is 4.23. The van der Waals surface area contributed by atoms with Crippen LogP contribution in [-0.4, -0.2) is 0 Å². The van der Waals surface area contributed by atoms with Crippen molar-refractivity contribution in [1.29, 1.82) is 0 Å². The monoisotopic (exact) mass is 386 g/mol. The summed E-state index contributed by atoms with van der Waals surface area (Å²) in [5.41, 5.74) is 8.76. The van der Waals surface area contributed by atoms with E-state index in [0.717, 1.165) is 36.5 Å². The molecule has 0 aliphatic heterocycles. The lowest BCUT2D eigenvalue weighted by molar-refractivity contribution is 0.126. The molecular weight excluding hydrogens is 348 g/mol. The number of hydrogen-bond donors (Lipinski definition) is 0. The van der Waals surface area contributed by atoms with Crippen molar-refractivity contribution >= 4 is 5.57 Å². The van der Waals surface area contributed by atoms with Gasteiger partial charge in [-0.25, -0.2) is 0 Å². The summed E-state index contributed by atoms with van der Waals surface area (Å²) >= 11 is 0. The Balaban J connectivity index is 1.58. The third-order valence-corrected chi connectivity index (χ3v) is 8.14. The van der Waals surface area contributed by atoms with Crippen LogP contribution in [0, 0.1) is 30.6 Å². The first-order valence-corrected chi connectivity index (χ1v) is 11.8. The van der Waals surface area contributed by atoms with Gasteiger partial charge in [0.15, 0.2) is 0 Å². The summed E-state index contributed by atoms with van der Waals surface area (Å²) < 4.78 is 0. The molecule has 1 fully saturated rings.